The number of hydrogen-bond acceptors (Lipinski definition) is 2. The van der Waals surface area contributed by atoms with Crippen LogP contribution in [-0.4, -0.2) is 11.4 Å². The molecule has 0 aliphatic rings. The summed E-state index contributed by atoms with van der Waals surface area (Å²) in [5.41, 5.74) is 10.8. The monoisotopic (exact) mass is 282 g/mol. The van der Waals surface area contributed by atoms with Gasteiger partial charge in [0.2, 0.25) is 0 Å². The summed E-state index contributed by atoms with van der Waals surface area (Å²) in [6, 6.07) is 17.5. The zero-order valence-electron chi connectivity index (χ0n) is 13.3. The topological polar surface area (TPSA) is 29.3 Å². The van der Waals surface area contributed by atoms with Gasteiger partial charge in [0, 0.05) is 18.3 Å². The lowest BCUT2D eigenvalue weighted by molar-refractivity contribution is 0.202. The highest BCUT2D eigenvalue weighted by Crippen LogP contribution is 2.25. The van der Waals surface area contributed by atoms with Gasteiger partial charge in [0.05, 0.1) is 0 Å². The molecular formula is C19H26N2. The van der Waals surface area contributed by atoms with E-state index in [-0.39, 0.29) is 0 Å². The molecule has 0 heterocycles. The first-order valence-corrected chi connectivity index (χ1v) is 7.75. The molecule has 0 radical (unpaired) electrons. The van der Waals surface area contributed by atoms with Gasteiger partial charge in [-0.15, -0.1) is 0 Å². The third kappa shape index (κ3) is 4.08. The highest BCUT2D eigenvalue weighted by molar-refractivity contribution is 5.49. The summed E-state index contributed by atoms with van der Waals surface area (Å²) in [6.07, 6.45) is 1.15. The molecule has 2 N–H and O–H groups in total. The molecule has 0 amide bonds. The molecule has 112 valence electrons. The summed E-state index contributed by atoms with van der Waals surface area (Å²) in [5, 5.41) is 0. The Morgan fingerprint density at radius 2 is 1.81 bits per heavy atom. The van der Waals surface area contributed by atoms with Gasteiger partial charge in [-0.25, -0.2) is 0 Å². The summed E-state index contributed by atoms with van der Waals surface area (Å²) in [5.74, 6) is 0. The minimum atomic E-state index is 0.369. The third-order valence-corrected chi connectivity index (χ3v) is 4.07. The summed E-state index contributed by atoms with van der Waals surface area (Å²) in [4.78, 5) is 2.51. The molecule has 2 aromatic carbocycles. The van der Waals surface area contributed by atoms with Crippen LogP contribution >= 0.6 is 0 Å². The molecule has 0 aliphatic heterocycles. The Hall–Kier alpha value is -1.80. The highest BCUT2D eigenvalue weighted by Gasteiger charge is 2.16. The second-order valence-corrected chi connectivity index (χ2v) is 5.75. The van der Waals surface area contributed by atoms with E-state index in [4.69, 9.17) is 5.73 Å². The normalized spacial score (nSPS) is 12.6. The quantitative estimate of drug-likeness (QED) is 0.788. The van der Waals surface area contributed by atoms with Gasteiger partial charge < -0.3 is 5.73 Å². The average Bonchev–Trinajstić information content (AvgIpc) is 2.50. The zero-order chi connectivity index (χ0) is 15.2. The van der Waals surface area contributed by atoms with Crippen molar-refractivity contribution in [3.8, 4) is 0 Å². The average molecular weight is 282 g/mol. The second-order valence-electron chi connectivity index (χ2n) is 5.75. The third-order valence-electron chi connectivity index (χ3n) is 4.07. The first-order chi connectivity index (χ1) is 10.1. The van der Waals surface area contributed by atoms with Crippen molar-refractivity contribution in [3.63, 3.8) is 0 Å². The van der Waals surface area contributed by atoms with Crippen LogP contribution in [0.3, 0.4) is 0 Å². The Morgan fingerprint density at radius 1 is 1.10 bits per heavy atom. The lowest BCUT2D eigenvalue weighted by Crippen LogP contribution is -2.27. The van der Waals surface area contributed by atoms with Crippen LogP contribution in [0.1, 0.15) is 43.0 Å². The lowest BCUT2D eigenvalue weighted by Gasteiger charge is -2.29. The largest absolute Gasteiger partial charge is 0.399 e. The van der Waals surface area contributed by atoms with E-state index in [0.717, 1.165) is 30.8 Å². The van der Waals surface area contributed by atoms with Gasteiger partial charge in [-0.1, -0.05) is 49.4 Å². The van der Waals surface area contributed by atoms with E-state index >= 15 is 0 Å². The molecule has 0 fully saturated rings. The smallest absolute Gasteiger partial charge is 0.0347 e. The molecule has 1 atom stereocenters. The molecular weight excluding hydrogens is 256 g/mol. The lowest BCUT2D eigenvalue weighted by atomic mass is 10.0. The summed E-state index contributed by atoms with van der Waals surface area (Å²) >= 11 is 0. The van der Waals surface area contributed by atoms with Crippen molar-refractivity contribution in [2.45, 2.75) is 39.8 Å². The molecule has 0 aromatic heterocycles. The zero-order valence-corrected chi connectivity index (χ0v) is 13.3. The number of anilines is 1. The molecule has 2 heteroatoms. The van der Waals surface area contributed by atoms with Gasteiger partial charge in [0.1, 0.15) is 0 Å². The van der Waals surface area contributed by atoms with E-state index in [0.29, 0.717) is 6.04 Å². The van der Waals surface area contributed by atoms with Gasteiger partial charge >= 0.3 is 0 Å². The number of hydrogen-bond donors (Lipinski definition) is 1. The Labute approximate surface area is 128 Å². The highest BCUT2D eigenvalue weighted by atomic mass is 15.1. The van der Waals surface area contributed by atoms with Gasteiger partial charge in [0.15, 0.2) is 0 Å². The summed E-state index contributed by atoms with van der Waals surface area (Å²) < 4.78 is 0. The van der Waals surface area contributed by atoms with Crippen LogP contribution in [0.25, 0.3) is 0 Å². The maximum absolute atomic E-state index is 6.07. The fourth-order valence-corrected chi connectivity index (χ4v) is 2.64. The maximum Gasteiger partial charge on any atom is 0.0347 e. The van der Waals surface area contributed by atoms with Crippen LogP contribution in [0, 0.1) is 6.92 Å². The van der Waals surface area contributed by atoms with Crippen molar-refractivity contribution in [2.24, 2.45) is 0 Å². The van der Waals surface area contributed by atoms with Crippen LogP contribution in [0.5, 0.6) is 0 Å². The molecule has 0 unspecified atom stereocenters. The molecule has 0 saturated carbocycles. The molecule has 0 aliphatic carbocycles. The van der Waals surface area contributed by atoms with Crippen molar-refractivity contribution >= 4 is 5.69 Å². The minimum absolute atomic E-state index is 0.369. The van der Waals surface area contributed by atoms with E-state index in [2.05, 4.69) is 74.2 Å². The van der Waals surface area contributed by atoms with Gasteiger partial charge in [-0.05, 0) is 49.6 Å². The molecule has 0 saturated heterocycles. The molecule has 2 nitrogen and oxygen atoms in total. The van der Waals surface area contributed by atoms with Crippen LogP contribution < -0.4 is 5.73 Å². The minimum Gasteiger partial charge on any atom is -0.399 e. The van der Waals surface area contributed by atoms with Crippen molar-refractivity contribution < 1.29 is 0 Å². The Morgan fingerprint density at radius 3 is 2.43 bits per heavy atom. The number of benzene rings is 2. The van der Waals surface area contributed by atoms with Gasteiger partial charge in [0.25, 0.3) is 0 Å². The van der Waals surface area contributed by atoms with E-state index < -0.39 is 0 Å². The fourth-order valence-electron chi connectivity index (χ4n) is 2.64. The number of nitrogen functional groups attached to an aromatic ring is 1. The van der Waals surface area contributed by atoms with E-state index in [9.17, 15) is 0 Å². The molecule has 21 heavy (non-hydrogen) atoms. The molecule has 0 bridgehead atoms. The summed E-state index contributed by atoms with van der Waals surface area (Å²) in [6.45, 7) is 8.61. The number of nitrogens with zero attached hydrogens (tertiary/aromatic N) is 1. The van der Waals surface area contributed by atoms with Gasteiger partial charge in [-0.2, -0.15) is 0 Å². The first-order valence-electron chi connectivity index (χ1n) is 7.75. The van der Waals surface area contributed by atoms with Gasteiger partial charge in [-0.3, -0.25) is 4.90 Å². The van der Waals surface area contributed by atoms with Crippen molar-refractivity contribution in [3.05, 3.63) is 65.2 Å². The number of nitrogens with two attached hydrogens (primary N) is 1. The molecule has 0 spiro atoms. The number of rotatable bonds is 6. The summed E-state index contributed by atoms with van der Waals surface area (Å²) in [7, 11) is 0. The number of aryl methyl sites for hydroxylation is 1. The van der Waals surface area contributed by atoms with E-state index in [1.807, 2.05) is 0 Å². The SMILES string of the molecule is CCCN(Cc1ccccc1)[C@@H](C)c1ccc(C)c(N)c1. The Balaban J connectivity index is 2.18. The predicted octanol–water partition coefficient (Wildman–Crippen LogP) is 4.55. The molecule has 2 aromatic rings. The van der Waals surface area contributed by atoms with Crippen LogP contribution in [0.4, 0.5) is 5.69 Å². The molecule has 2 rings (SSSR count). The van der Waals surface area contributed by atoms with E-state index in [1.54, 1.807) is 0 Å². The van der Waals surface area contributed by atoms with Crippen molar-refractivity contribution in [1.82, 2.24) is 4.90 Å². The van der Waals surface area contributed by atoms with Crippen molar-refractivity contribution in [1.29, 1.82) is 0 Å². The Kier molecular flexibility index (Phi) is 5.40. The maximum atomic E-state index is 6.07. The van der Waals surface area contributed by atoms with E-state index in [1.165, 1.54) is 11.1 Å². The van der Waals surface area contributed by atoms with Crippen molar-refractivity contribution in [2.75, 3.05) is 12.3 Å². The Bertz CT molecular complexity index is 563. The van der Waals surface area contributed by atoms with Crippen LogP contribution in [-0.2, 0) is 6.54 Å². The van der Waals surface area contributed by atoms with Crippen LogP contribution in [0.15, 0.2) is 48.5 Å². The first kappa shape index (κ1) is 15.6. The van der Waals surface area contributed by atoms with Crippen LogP contribution in [0.2, 0.25) is 0 Å². The standard InChI is InChI=1S/C19H26N2/c1-4-12-21(14-17-8-6-5-7-9-17)16(3)18-11-10-15(2)19(20)13-18/h5-11,13,16H,4,12,14,20H2,1-3H3/t16-/m0/s1. The predicted molar refractivity (Wildman–Crippen MR) is 91.1 cm³/mol. The fraction of sp³-hybridized carbons (Fsp3) is 0.368. The second kappa shape index (κ2) is 7.28.